The number of esters is 1. The van der Waals surface area contributed by atoms with Crippen LogP contribution < -0.4 is 11.1 Å². The predicted octanol–water partition coefficient (Wildman–Crippen LogP) is 1.43. The molecule has 0 saturated carbocycles. The van der Waals surface area contributed by atoms with Crippen LogP contribution in [0.2, 0.25) is 0 Å². The summed E-state index contributed by atoms with van der Waals surface area (Å²) >= 11 is 0. The largest absolute Gasteiger partial charge is 0.490 e. The smallest absolute Gasteiger partial charge is 0.475 e. The van der Waals surface area contributed by atoms with Crippen LogP contribution in [0.5, 0.6) is 0 Å². The molecule has 4 N–H and O–H groups in total. The van der Waals surface area contributed by atoms with Crippen molar-refractivity contribution in [2.45, 2.75) is 44.1 Å². The molecular weight excluding hydrogens is 451 g/mol. The van der Waals surface area contributed by atoms with E-state index in [9.17, 15) is 27.6 Å². The maximum atomic E-state index is 12.7. The first-order chi connectivity index (χ1) is 15.5. The zero-order valence-electron chi connectivity index (χ0n) is 17.8. The van der Waals surface area contributed by atoms with Crippen molar-refractivity contribution in [2.75, 3.05) is 20.2 Å². The summed E-state index contributed by atoms with van der Waals surface area (Å²) in [6.45, 7) is 0.423. The first-order valence-electron chi connectivity index (χ1n) is 9.87. The van der Waals surface area contributed by atoms with E-state index in [2.05, 4.69) is 5.32 Å². The van der Waals surface area contributed by atoms with Crippen LogP contribution in [-0.4, -0.2) is 72.4 Å². The van der Waals surface area contributed by atoms with Gasteiger partial charge in [0.25, 0.3) is 0 Å². The molecule has 1 saturated heterocycles. The third-order valence-corrected chi connectivity index (χ3v) is 4.54. The molecule has 0 radical (unpaired) electrons. The fourth-order valence-electron chi connectivity index (χ4n) is 2.91. The van der Waals surface area contributed by atoms with Crippen LogP contribution in [0.15, 0.2) is 30.3 Å². The van der Waals surface area contributed by atoms with Crippen LogP contribution in [0.3, 0.4) is 0 Å². The Morgan fingerprint density at radius 2 is 1.82 bits per heavy atom. The minimum Gasteiger partial charge on any atom is -0.475 e. The molecule has 1 aliphatic rings. The Hall–Kier alpha value is -3.35. The Balaban J connectivity index is 0.000000675. The van der Waals surface area contributed by atoms with Gasteiger partial charge < -0.3 is 30.5 Å². The Labute approximate surface area is 187 Å². The van der Waals surface area contributed by atoms with Gasteiger partial charge in [-0.25, -0.2) is 14.4 Å². The van der Waals surface area contributed by atoms with E-state index in [0.29, 0.717) is 13.0 Å². The second-order valence-electron chi connectivity index (χ2n) is 6.86. The quantitative estimate of drug-likeness (QED) is 0.521. The lowest BCUT2D eigenvalue weighted by atomic mass is 10.0. The summed E-state index contributed by atoms with van der Waals surface area (Å²) in [6, 6.07) is 7.60. The number of amides is 2. The van der Waals surface area contributed by atoms with Crippen molar-refractivity contribution in [2.24, 2.45) is 5.73 Å². The molecule has 2 amide bonds. The highest BCUT2D eigenvalue weighted by Crippen LogP contribution is 2.19. The van der Waals surface area contributed by atoms with Gasteiger partial charge in [0.2, 0.25) is 5.91 Å². The molecule has 1 aliphatic heterocycles. The molecule has 1 aromatic rings. The SMILES string of the molecule is COC(=O)[C@H]1CCCCN1C(=O)[C@H](CN)NC(=O)OCc1ccccc1.O=C(O)C(F)(F)F. The summed E-state index contributed by atoms with van der Waals surface area (Å²) in [7, 11) is 1.29. The number of nitrogens with one attached hydrogen (secondary N) is 1. The van der Waals surface area contributed by atoms with Gasteiger partial charge in [0.1, 0.15) is 18.7 Å². The number of nitrogens with zero attached hydrogens (tertiary/aromatic N) is 1. The Morgan fingerprint density at radius 3 is 2.33 bits per heavy atom. The molecule has 1 fully saturated rings. The lowest BCUT2D eigenvalue weighted by Crippen LogP contribution is -2.57. The summed E-state index contributed by atoms with van der Waals surface area (Å²) in [6.07, 6.45) is -3.66. The normalized spacial score (nSPS) is 16.5. The molecule has 1 aromatic carbocycles. The fourth-order valence-corrected chi connectivity index (χ4v) is 2.91. The number of hydrogen-bond donors (Lipinski definition) is 3. The molecule has 13 heteroatoms. The van der Waals surface area contributed by atoms with E-state index in [1.165, 1.54) is 12.0 Å². The second kappa shape index (κ2) is 13.3. The standard InChI is InChI=1S/C18H25N3O5.C2HF3O2/c1-25-17(23)15-9-5-6-10-21(15)16(22)14(11-19)20-18(24)26-12-13-7-3-2-4-8-13;3-2(4,5)1(6)7/h2-4,7-8,14-15H,5-6,9-12,19H2,1H3,(H,20,24);(H,6,7)/t14-,15+;/m0./s1. The number of carboxylic acid groups (broad SMARTS) is 1. The summed E-state index contributed by atoms with van der Waals surface area (Å²) < 4.78 is 41.6. The van der Waals surface area contributed by atoms with Gasteiger partial charge in [0.15, 0.2) is 0 Å². The number of piperidine rings is 1. The number of rotatable bonds is 6. The number of nitrogens with two attached hydrogens (primary N) is 1. The maximum absolute atomic E-state index is 12.7. The van der Waals surface area contributed by atoms with Crippen LogP contribution in [0.25, 0.3) is 0 Å². The number of likely N-dealkylation sites (tertiary alicyclic amines) is 1. The summed E-state index contributed by atoms with van der Waals surface area (Å²) in [4.78, 5) is 47.0. The lowest BCUT2D eigenvalue weighted by Gasteiger charge is -2.35. The molecule has 2 atom stereocenters. The van der Waals surface area contributed by atoms with E-state index in [1.54, 1.807) is 0 Å². The minimum atomic E-state index is -5.08. The average Bonchev–Trinajstić information content (AvgIpc) is 2.80. The predicted molar refractivity (Wildman–Crippen MR) is 108 cm³/mol. The summed E-state index contributed by atoms with van der Waals surface area (Å²) in [5.74, 6) is -3.62. The highest BCUT2D eigenvalue weighted by molar-refractivity contribution is 5.90. The molecule has 0 bridgehead atoms. The molecular formula is C20H26F3N3O7. The van der Waals surface area contributed by atoms with Crippen molar-refractivity contribution in [1.29, 1.82) is 0 Å². The van der Waals surface area contributed by atoms with Gasteiger partial charge in [-0.05, 0) is 24.8 Å². The number of carbonyl (C=O) groups excluding carboxylic acids is 3. The third-order valence-electron chi connectivity index (χ3n) is 4.54. The number of carboxylic acids is 1. The molecule has 1 heterocycles. The van der Waals surface area contributed by atoms with Crippen LogP contribution in [0.1, 0.15) is 24.8 Å². The number of benzene rings is 1. The Kier molecular flexibility index (Phi) is 11.1. The summed E-state index contributed by atoms with van der Waals surface area (Å²) in [5.41, 5.74) is 6.49. The highest BCUT2D eigenvalue weighted by atomic mass is 19.4. The molecule has 0 unspecified atom stereocenters. The van der Waals surface area contributed by atoms with Gasteiger partial charge in [-0.2, -0.15) is 13.2 Å². The molecule has 33 heavy (non-hydrogen) atoms. The molecule has 184 valence electrons. The van der Waals surface area contributed by atoms with Crippen molar-refractivity contribution >= 4 is 23.9 Å². The van der Waals surface area contributed by atoms with Gasteiger partial charge in [-0.3, -0.25) is 4.79 Å². The van der Waals surface area contributed by atoms with Gasteiger partial charge in [0.05, 0.1) is 7.11 Å². The second-order valence-corrected chi connectivity index (χ2v) is 6.86. The number of methoxy groups -OCH3 is 1. The van der Waals surface area contributed by atoms with Crippen molar-refractivity contribution in [3.63, 3.8) is 0 Å². The van der Waals surface area contributed by atoms with Crippen molar-refractivity contribution in [3.05, 3.63) is 35.9 Å². The first kappa shape index (κ1) is 27.7. The van der Waals surface area contributed by atoms with Crippen LogP contribution in [0.4, 0.5) is 18.0 Å². The van der Waals surface area contributed by atoms with Crippen molar-refractivity contribution < 1.29 is 46.9 Å². The lowest BCUT2D eigenvalue weighted by molar-refractivity contribution is -0.192. The van der Waals surface area contributed by atoms with E-state index in [1.807, 2.05) is 30.3 Å². The Morgan fingerprint density at radius 1 is 1.21 bits per heavy atom. The maximum Gasteiger partial charge on any atom is 0.490 e. The van der Waals surface area contributed by atoms with Gasteiger partial charge >= 0.3 is 24.2 Å². The average molecular weight is 477 g/mol. The van der Waals surface area contributed by atoms with E-state index < -0.39 is 42.2 Å². The number of hydrogen-bond acceptors (Lipinski definition) is 7. The van der Waals surface area contributed by atoms with Crippen molar-refractivity contribution in [3.8, 4) is 0 Å². The molecule has 2 rings (SSSR count). The third kappa shape index (κ3) is 9.35. The van der Waals surface area contributed by atoms with E-state index >= 15 is 0 Å². The van der Waals surface area contributed by atoms with Crippen LogP contribution in [-0.2, 0) is 30.5 Å². The molecule has 10 nitrogen and oxygen atoms in total. The topological polar surface area (TPSA) is 148 Å². The number of alkyl halides is 3. The summed E-state index contributed by atoms with van der Waals surface area (Å²) in [5, 5.41) is 9.61. The van der Waals surface area contributed by atoms with Crippen molar-refractivity contribution in [1.82, 2.24) is 10.2 Å². The zero-order valence-corrected chi connectivity index (χ0v) is 17.8. The van der Waals surface area contributed by atoms with Crippen LogP contribution >= 0.6 is 0 Å². The molecule has 0 spiro atoms. The van der Waals surface area contributed by atoms with Gasteiger partial charge in [0, 0.05) is 13.1 Å². The van der Waals surface area contributed by atoms with Crippen LogP contribution in [0, 0.1) is 0 Å². The number of alkyl carbamates (subject to hydrolysis) is 1. The minimum absolute atomic E-state index is 0.0899. The zero-order chi connectivity index (χ0) is 25.0. The van der Waals surface area contributed by atoms with E-state index in [0.717, 1.165) is 18.4 Å². The number of carbonyl (C=O) groups is 4. The molecule has 0 aromatic heterocycles. The number of aliphatic carboxylic acids is 1. The monoisotopic (exact) mass is 477 g/mol. The van der Waals surface area contributed by atoms with E-state index in [4.69, 9.17) is 25.1 Å². The highest BCUT2D eigenvalue weighted by Gasteiger charge is 2.38. The fraction of sp³-hybridized carbons (Fsp3) is 0.500. The first-order valence-corrected chi connectivity index (χ1v) is 9.87. The molecule has 0 aliphatic carbocycles. The number of ether oxygens (including phenoxy) is 2. The van der Waals surface area contributed by atoms with Gasteiger partial charge in [-0.15, -0.1) is 0 Å². The van der Waals surface area contributed by atoms with E-state index in [-0.39, 0.29) is 13.2 Å². The Bertz CT molecular complexity index is 806. The number of halogens is 3. The van der Waals surface area contributed by atoms with Gasteiger partial charge in [-0.1, -0.05) is 30.3 Å².